The summed E-state index contributed by atoms with van der Waals surface area (Å²) < 4.78 is 0. The number of rotatable bonds is 5. The molecule has 2 fully saturated rings. The van der Waals surface area contributed by atoms with Crippen molar-refractivity contribution in [2.45, 2.75) is 38.6 Å². The van der Waals surface area contributed by atoms with Gasteiger partial charge in [0.15, 0.2) is 0 Å². The Labute approximate surface area is 106 Å². The average molecular weight is 239 g/mol. The van der Waals surface area contributed by atoms with Crippen LogP contribution in [-0.2, 0) is 0 Å². The third-order valence-corrected chi connectivity index (χ3v) is 5.29. The first-order chi connectivity index (χ1) is 8.12. The molecule has 100 valence electrons. The maximum absolute atomic E-state index is 6.18. The summed E-state index contributed by atoms with van der Waals surface area (Å²) in [4.78, 5) is 5.20. The molecule has 2 aliphatic rings. The van der Waals surface area contributed by atoms with E-state index in [1.165, 1.54) is 45.4 Å². The van der Waals surface area contributed by atoms with Crippen LogP contribution in [0.2, 0.25) is 0 Å². The zero-order chi connectivity index (χ0) is 12.5. The smallest absolute Gasteiger partial charge is 0.0381 e. The van der Waals surface area contributed by atoms with Crippen LogP contribution in [-0.4, -0.2) is 55.1 Å². The molecule has 2 N–H and O–H groups in total. The maximum atomic E-state index is 6.18. The van der Waals surface area contributed by atoms with Gasteiger partial charge in [-0.1, -0.05) is 20.3 Å². The second-order valence-corrected chi connectivity index (χ2v) is 6.24. The first kappa shape index (κ1) is 13.3. The fraction of sp³-hybridized carbons (Fsp3) is 1.00. The number of fused-ring (bicyclic) bond motifs is 2. The van der Waals surface area contributed by atoms with Gasteiger partial charge in [0.25, 0.3) is 0 Å². The Morgan fingerprint density at radius 1 is 1.47 bits per heavy atom. The van der Waals surface area contributed by atoms with Crippen LogP contribution >= 0.6 is 0 Å². The molecule has 0 saturated carbocycles. The van der Waals surface area contributed by atoms with Crippen LogP contribution < -0.4 is 5.73 Å². The van der Waals surface area contributed by atoms with Gasteiger partial charge in [0.05, 0.1) is 0 Å². The summed E-state index contributed by atoms with van der Waals surface area (Å²) in [6, 6.07) is 0. The second-order valence-electron chi connectivity index (χ2n) is 6.24. The SMILES string of the molecule is CCC(C)CN(C)C1(CN)CCN2CCC1C2. The highest BCUT2D eigenvalue weighted by Gasteiger charge is 2.47. The Kier molecular flexibility index (Phi) is 4.11. The maximum Gasteiger partial charge on any atom is 0.0381 e. The minimum absolute atomic E-state index is 0.288. The molecule has 2 bridgehead atoms. The summed E-state index contributed by atoms with van der Waals surface area (Å²) in [6.07, 6.45) is 3.88. The molecule has 0 aromatic rings. The minimum atomic E-state index is 0.288. The van der Waals surface area contributed by atoms with E-state index in [2.05, 4.69) is 30.7 Å². The number of nitrogens with zero attached hydrogens (tertiary/aromatic N) is 2. The van der Waals surface area contributed by atoms with E-state index in [1.54, 1.807) is 0 Å². The van der Waals surface area contributed by atoms with Gasteiger partial charge in [-0.05, 0) is 44.8 Å². The number of hydrogen-bond donors (Lipinski definition) is 1. The number of nitrogens with two attached hydrogens (primary N) is 1. The van der Waals surface area contributed by atoms with E-state index in [0.29, 0.717) is 0 Å². The molecule has 2 rings (SSSR count). The van der Waals surface area contributed by atoms with E-state index in [4.69, 9.17) is 5.73 Å². The Bertz CT molecular complexity index is 256. The van der Waals surface area contributed by atoms with Crippen LogP contribution in [0.5, 0.6) is 0 Å². The number of hydrogen-bond acceptors (Lipinski definition) is 3. The monoisotopic (exact) mass is 239 g/mol. The Hall–Kier alpha value is -0.120. The first-order valence-corrected chi connectivity index (χ1v) is 7.26. The molecular weight excluding hydrogens is 210 g/mol. The summed E-state index contributed by atoms with van der Waals surface area (Å²) in [6.45, 7) is 10.5. The molecule has 3 nitrogen and oxygen atoms in total. The Morgan fingerprint density at radius 3 is 2.88 bits per heavy atom. The van der Waals surface area contributed by atoms with Crippen molar-refractivity contribution in [1.82, 2.24) is 9.80 Å². The molecule has 2 aliphatic heterocycles. The van der Waals surface area contributed by atoms with Crippen LogP contribution in [0.4, 0.5) is 0 Å². The lowest BCUT2D eigenvalue weighted by Gasteiger charge is -2.49. The lowest BCUT2D eigenvalue weighted by Crippen LogP contribution is -2.61. The predicted octanol–water partition coefficient (Wildman–Crippen LogP) is 1.39. The van der Waals surface area contributed by atoms with E-state index in [-0.39, 0.29) is 5.54 Å². The Balaban J connectivity index is 2.07. The van der Waals surface area contributed by atoms with Crippen molar-refractivity contribution in [3.8, 4) is 0 Å². The van der Waals surface area contributed by atoms with Gasteiger partial charge in [0.2, 0.25) is 0 Å². The molecule has 0 aromatic carbocycles. The highest BCUT2D eigenvalue weighted by atomic mass is 15.3. The van der Waals surface area contributed by atoms with Crippen LogP contribution in [0.3, 0.4) is 0 Å². The summed E-state index contributed by atoms with van der Waals surface area (Å²) in [5.74, 6) is 1.58. The van der Waals surface area contributed by atoms with Gasteiger partial charge < -0.3 is 10.6 Å². The van der Waals surface area contributed by atoms with Crippen molar-refractivity contribution in [2.75, 3.05) is 39.8 Å². The molecule has 0 radical (unpaired) electrons. The van der Waals surface area contributed by atoms with E-state index in [1.807, 2.05) is 0 Å². The molecule has 0 aromatic heterocycles. The van der Waals surface area contributed by atoms with E-state index in [0.717, 1.165) is 18.4 Å². The summed E-state index contributed by atoms with van der Waals surface area (Å²) in [7, 11) is 2.30. The topological polar surface area (TPSA) is 32.5 Å². The second kappa shape index (κ2) is 5.25. The van der Waals surface area contributed by atoms with Gasteiger partial charge in [-0.2, -0.15) is 0 Å². The lowest BCUT2D eigenvalue weighted by atomic mass is 9.77. The van der Waals surface area contributed by atoms with Crippen molar-refractivity contribution in [2.24, 2.45) is 17.6 Å². The summed E-state index contributed by atoms with van der Waals surface area (Å²) in [5.41, 5.74) is 6.47. The molecule has 2 saturated heterocycles. The minimum Gasteiger partial charge on any atom is -0.329 e. The van der Waals surface area contributed by atoms with Crippen molar-refractivity contribution >= 4 is 0 Å². The third-order valence-electron chi connectivity index (χ3n) is 5.29. The van der Waals surface area contributed by atoms with Crippen LogP contribution in [0, 0.1) is 11.8 Å². The van der Waals surface area contributed by atoms with Crippen LogP contribution in [0.15, 0.2) is 0 Å². The van der Waals surface area contributed by atoms with Gasteiger partial charge in [-0.25, -0.2) is 0 Å². The van der Waals surface area contributed by atoms with Crippen LogP contribution in [0.25, 0.3) is 0 Å². The standard InChI is InChI=1S/C14H29N3/c1-4-12(2)9-16(3)14(11-15)6-8-17-7-5-13(14)10-17/h12-13H,4-11,15H2,1-3H3. The predicted molar refractivity (Wildman–Crippen MR) is 73.0 cm³/mol. The zero-order valence-corrected chi connectivity index (χ0v) is 11.8. The highest BCUT2D eigenvalue weighted by molar-refractivity contribution is 5.04. The fourth-order valence-electron chi connectivity index (χ4n) is 3.74. The van der Waals surface area contributed by atoms with Gasteiger partial charge in [-0.15, -0.1) is 0 Å². The molecular formula is C14H29N3. The number of likely N-dealkylation sites (N-methyl/N-ethyl adjacent to an activating group) is 1. The largest absolute Gasteiger partial charge is 0.329 e. The zero-order valence-electron chi connectivity index (χ0n) is 11.8. The first-order valence-electron chi connectivity index (χ1n) is 7.26. The van der Waals surface area contributed by atoms with Gasteiger partial charge >= 0.3 is 0 Å². The third kappa shape index (κ3) is 2.38. The molecule has 0 spiro atoms. The number of piperidine rings is 1. The average Bonchev–Trinajstić information content (AvgIpc) is 2.74. The van der Waals surface area contributed by atoms with Crippen molar-refractivity contribution in [1.29, 1.82) is 0 Å². The molecule has 3 heteroatoms. The molecule has 4 atom stereocenters. The summed E-state index contributed by atoms with van der Waals surface area (Å²) in [5, 5.41) is 0. The lowest BCUT2D eigenvalue weighted by molar-refractivity contribution is 0.0179. The molecule has 4 unspecified atom stereocenters. The van der Waals surface area contributed by atoms with E-state index < -0.39 is 0 Å². The molecule has 17 heavy (non-hydrogen) atoms. The normalized spacial score (nSPS) is 38.6. The molecule has 0 amide bonds. The molecule has 2 heterocycles. The highest BCUT2D eigenvalue weighted by Crippen LogP contribution is 2.39. The van der Waals surface area contributed by atoms with E-state index >= 15 is 0 Å². The van der Waals surface area contributed by atoms with Gasteiger partial charge in [0, 0.05) is 25.2 Å². The van der Waals surface area contributed by atoms with Crippen molar-refractivity contribution < 1.29 is 0 Å². The Morgan fingerprint density at radius 2 is 2.24 bits per heavy atom. The van der Waals surface area contributed by atoms with E-state index in [9.17, 15) is 0 Å². The van der Waals surface area contributed by atoms with Gasteiger partial charge in [0.1, 0.15) is 0 Å². The molecule has 0 aliphatic carbocycles. The van der Waals surface area contributed by atoms with Crippen molar-refractivity contribution in [3.63, 3.8) is 0 Å². The summed E-state index contributed by atoms with van der Waals surface area (Å²) >= 11 is 0. The quantitative estimate of drug-likeness (QED) is 0.787. The van der Waals surface area contributed by atoms with Crippen LogP contribution in [0.1, 0.15) is 33.1 Å². The van der Waals surface area contributed by atoms with Crippen molar-refractivity contribution in [3.05, 3.63) is 0 Å². The van der Waals surface area contributed by atoms with Gasteiger partial charge in [-0.3, -0.25) is 4.90 Å². The fourth-order valence-corrected chi connectivity index (χ4v) is 3.74.